The van der Waals surface area contributed by atoms with Gasteiger partial charge in [0.05, 0.1) is 24.3 Å². The van der Waals surface area contributed by atoms with Crippen molar-refractivity contribution in [2.75, 3.05) is 7.11 Å². The van der Waals surface area contributed by atoms with Crippen molar-refractivity contribution in [3.05, 3.63) is 65.2 Å². The number of ether oxygens (including phenoxy) is 1. The van der Waals surface area contributed by atoms with Crippen LogP contribution in [0.1, 0.15) is 34.5 Å². The van der Waals surface area contributed by atoms with Crippen molar-refractivity contribution in [3.63, 3.8) is 0 Å². The highest BCUT2D eigenvalue weighted by atomic mass is 19.4. The molecular weight excluding hydrogens is 307 g/mol. The zero-order valence-electron chi connectivity index (χ0n) is 12.6. The fraction of sp³-hybridized carbons (Fsp3) is 0.235. The van der Waals surface area contributed by atoms with Gasteiger partial charge in [0.2, 0.25) is 0 Å². The van der Waals surface area contributed by atoms with Crippen molar-refractivity contribution in [1.29, 1.82) is 0 Å². The summed E-state index contributed by atoms with van der Waals surface area (Å²) in [7, 11) is 1.54. The Hall–Kier alpha value is -2.50. The molecule has 0 fully saturated rings. The summed E-state index contributed by atoms with van der Waals surface area (Å²) in [5, 5.41) is 2.58. The fourth-order valence-electron chi connectivity index (χ4n) is 2.18. The molecule has 0 aliphatic rings. The minimum Gasteiger partial charge on any atom is -0.497 e. The first-order valence-electron chi connectivity index (χ1n) is 6.94. The molecule has 1 atom stereocenters. The number of carbonyl (C=O) groups is 1. The number of rotatable bonds is 4. The summed E-state index contributed by atoms with van der Waals surface area (Å²) in [5.41, 5.74) is -0.566. The molecule has 0 saturated heterocycles. The molecule has 2 aromatic rings. The van der Waals surface area contributed by atoms with Crippen LogP contribution in [-0.2, 0) is 6.18 Å². The zero-order chi connectivity index (χ0) is 17.0. The Morgan fingerprint density at radius 1 is 1.09 bits per heavy atom. The largest absolute Gasteiger partial charge is 0.497 e. The van der Waals surface area contributed by atoms with Crippen LogP contribution in [0.15, 0.2) is 48.5 Å². The number of halogens is 3. The average molecular weight is 323 g/mol. The van der Waals surface area contributed by atoms with Gasteiger partial charge in [-0.3, -0.25) is 4.79 Å². The molecule has 3 nitrogen and oxygen atoms in total. The second-order valence-electron chi connectivity index (χ2n) is 5.01. The van der Waals surface area contributed by atoms with E-state index in [9.17, 15) is 18.0 Å². The molecule has 0 unspecified atom stereocenters. The number of hydrogen-bond acceptors (Lipinski definition) is 2. The van der Waals surface area contributed by atoms with Crippen LogP contribution in [0.3, 0.4) is 0 Å². The topological polar surface area (TPSA) is 38.3 Å². The second-order valence-corrected chi connectivity index (χ2v) is 5.01. The highest BCUT2D eigenvalue weighted by Crippen LogP contribution is 2.32. The Kier molecular flexibility index (Phi) is 4.93. The highest BCUT2D eigenvalue weighted by Gasteiger charge is 2.35. The first kappa shape index (κ1) is 16.9. The monoisotopic (exact) mass is 323 g/mol. The van der Waals surface area contributed by atoms with Crippen molar-refractivity contribution < 1.29 is 22.7 Å². The molecule has 0 aromatic heterocycles. The molecule has 1 amide bonds. The predicted octanol–water partition coefficient (Wildman–Crippen LogP) is 4.21. The minimum atomic E-state index is -4.57. The Labute approximate surface area is 132 Å². The van der Waals surface area contributed by atoms with Gasteiger partial charge in [-0.15, -0.1) is 0 Å². The maximum absolute atomic E-state index is 13.0. The van der Waals surface area contributed by atoms with Crippen LogP contribution >= 0.6 is 0 Å². The maximum atomic E-state index is 13.0. The van der Waals surface area contributed by atoms with E-state index in [2.05, 4.69) is 5.32 Å². The van der Waals surface area contributed by atoms with Crippen LogP contribution in [0.2, 0.25) is 0 Å². The number of benzene rings is 2. The molecule has 6 heteroatoms. The van der Waals surface area contributed by atoms with Crippen molar-refractivity contribution in [3.8, 4) is 5.75 Å². The van der Waals surface area contributed by atoms with Crippen LogP contribution in [0.25, 0.3) is 0 Å². The van der Waals surface area contributed by atoms with E-state index < -0.39 is 23.7 Å². The number of carbonyl (C=O) groups excluding carboxylic acids is 1. The van der Waals surface area contributed by atoms with E-state index in [1.807, 2.05) is 0 Å². The van der Waals surface area contributed by atoms with E-state index in [1.165, 1.54) is 25.3 Å². The second kappa shape index (κ2) is 6.73. The van der Waals surface area contributed by atoms with Gasteiger partial charge < -0.3 is 10.1 Å². The number of methoxy groups -OCH3 is 1. The third kappa shape index (κ3) is 4.03. The summed E-state index contributed by atoms with van der Waals surface area (Å²) in [6.45, 7) is 1.70. The van der Waals surface area contributed by atoms with E-state index in [0.717, 1.165) is 11.6 Å². The molecule has 0 spiro atoms. The van der Waals surface area contributed by atoms with Crippen molar-refractivity contribution >= 4 is 5.91 Å². The lowest BCUT2D eigenvalue weighted by atomic mass is 10.0. The van der Waals surface area contributed by atoms with Crippen LogP contribution in [-0.4, -0.2) is 13.0 Å². The van der Waals surface area contributed by atoms with Crippen LogP contribution < -0.4 is 10.1 Å². The van der Waals surface area contributed by atoms with Gasteiger partial charge in [-0.2, -0.15) is 13.2 Å². The van der Waals surface area contributed by atoms with Gasteiger partial charge in [0.15, 0.2) is 0 Å². The lowest BCUT2D eigenvalue weighted by molar-refractivity contribution is -0.137. The Balaban J connectivity index is 2.18. The summed E-state index contributed by atoms with van der Waals surface area (Å²) < 4.78 is 43.9. The number of amides is 1. The van der Waals surface area contributed by atoms with Gasteiger partial charge in [-0.1, -0.05) is 24.3 Å². The number of hydrogen-bond donors (Lipinski definition) is 1. The molecule has 1 N–H and O–H groups in total. The van der Waals surface area contributed by atoms with Crippen LogP contribution in [0.4, 0.5) is 13.2 Å². The molecule has 23 heavy (non-hydrogen) atoms. The SMILES string of the molecule is COc1ccc([C@@H](C)NC(=O)c2ccccc2C(F)(F)F)cc1. The normalized spacial score (nSPS) is 12.6. The number of nitrogens with one attached hydrogen (secondary N) is 1. The summed E-state index contributed by atoms with van der Waals surface area (Å²) >= 11 is 0. The van der Waals surface area contributed by atoms with E-state index in [1.54, 1.807) is 31.2 Å². The highest BCUT2D eigenvalue weighted by molar-refractivity contribution is 5.96. The summed E-state index contributed by atoms with van der Waals surface area (Å²) in [6, 6.07) is 11.2. The lowest BCUT2D eigenvalue weighted by Crippen LogP contribution is -2.28. The molecule has 0 bridgehead atoms. The summed E-state index contributed by atoms with van der Waals surface area (Å²) in [6.07, 6.45) is -4.57. The van der Waals surface area contributed by atoms with Crippen molar-refractivity contribution in [2.45, 2.75) is 19.1 Å². The third-order valence-electron chi connectivity index (χ3n) is 3.44. The van der Waals surface area contributed by atoms with Crippen LogP contribution in [0.5, 0.6) is 5.75 Å². The van der Waals surface area contributed by atoms with Crippen LogP contribution in [0, 0.1) is 0 Å². The molecule has 0 radical (unpaired) electrons. The van der Waals surface area contributed by atoms with Gasteiger partial charge in [-0.25, -0.2) is 0 Å². The number of alkyl halides is 3. The molecule has 0 aliphatic carbocycles. The average Bonchev–Trinajstić information content (AvgIpc) is 2.54. The third-order valence-corrected chi connectivity index (χ3v) is 3.44. The van der Waals surface area contributed by atoms with Gasteiger partial charge in [0, 0.05) is 0 Å². The zero-order valence-corrected chi connectivity index (χ0v) is 12.6. The van der Waals surface area contributed by atoms with Crippen molar-refractivity contribution in [2.24, 2.45) is 0 Å². The standard InChI is InChI=1S/C17H16F3NO2/c1-11(12-7-9-13(23-2)10-8-12)21-16(22)14-5-3-4-6-15(14)17(18,19)20/h3-11H,1-2H3,(H,21,22)/t11-/m1/s1. The van der Waals surface area contributed by atoms with E-state index in [-0.39, 0.29) is 5.56 Å². The molecule has 2 rings (SSSR count). The maximum Gasteiger partial charge on any atom is 0.417 e. The summed E-state index contributed by atoms with van der Waals surface area (Å²) in [5.74, 6) is -0.101. The Bertz CT molecular complexity index is 681. The summed E-state index contributed by atoms with van der Waals surface area (Å²) in [4.78, 5) is 12.2. The molecular formula is C17H16F3NO2. The molecule has 0 saturated carbocycles. The van der Waals surface area contributed by atoms with E-state index >= 15 is 0 Å². The molecule has 0 heterocycles. The smallest absolute Gasteiger partial charge is 0.417 e. The quantitative estimate of drug-likeness (QED) is 0.915. The first-order valence-corrected chi connectivity index (χ1v) is 6.94. The minimum absolute atomic E-state index is 0.389. The predicted molar refractivity (Wildman–Crippen MR) is 80.3 cm³/mol. The Morgan fingerprint density at radius 2 is 1.70 bits per heavy atom. The van der Waals surface area contributed by atoms with Gasteiger partial charge in [-0.05, 0) is 36.8 Å². The van der Waals surface area contributed by atoms with Gasteiger partial charge in [0.25, 0.3) is 5.91 Å². The Morgan fingerprint density at radius 3 is 2.26 bits per heavy atom. The van der Waals surface area contributed by atoms with E-state index in [0.29, 0.717) is 5.75 Å². The first-order chi connectivity index (χ1) is 10.8. The fourth-order valence-corrected chi connectivity index (χ4v) is 2.18. The van der Waals surface area contributed by atoms with E-state index in [4.69, 9.17) is 4.74 Å². The van der Waals surface area contributed by atoms with Crippen molar-refractivity contribution in [1.82, 2.24) is 5.32 Å². The lowest BCUT2D eigenvalue weighted by Gasteiger charge is -2.17. The van der Waals surface area contributed by atoms with Gasteiger partial charge in [0.1, 0.15) is 5.75 Å². The molecule has 0 aliphatic heterocycles. The van der Waals surface area contributed by atoms with Gasteiger partial charge >= 0.3 is 6.18 Å². The molecule has 2 aromatic carbocycles. The molecule has 122 valence electrons.